The highest BCUT2D eigenvalue weighted by atomic mass is 16.3. The highest BCUT2D eigenvalue weighted by Gasteiger charge is 2.35. The van der Waals surface area contributed by atoms with Crippen LogP contribution in [-0.2, 0) is 11.8 Å². The van der Waals surface area contributed by atoms with Crippen molar-refractivity contribution in [3.63, 3.8) is 0 Å². The topological polar surface area (TPSA) is 20.2 Å². The van der Waals surface area contributed by atoms with E-state index < -0.39 is 0 Å². The van der Waals surface area contributed by atoms with Gasteiger partial charge in [0, 0.05) is 5.41 Å². The number of aromatic hydroxyl groups is 1. The average molecular weight is 280 g/mol. The fourth-order valence-corrected chi connectivity index (χ4v) is 3.51. The first-order valence-corrected chi connectivity index (χ1v) is 8.01. The van der Waals surface area contributed by atoms with E-state index in [1.54, 1.807) is 6.07 Å². The van der Waals surface area contributed by atoms with Crippen molar-refractivity contribution < 1.29 is 5.11 Å². The Labute approximate surface area is 127 Å². The summed E-state index contributed by atoms with van der Waals surface area (Å²) in [6.45, 7) is 6.76. The minimum Gasteiger partial charge on any atom is -0.508 e. The molecule has 1 nitrogen and oxygen atoms in total. The molecule has 2 aromatic rings. The number of phenols is 1. The maximum absolute atomic E-state index is 9.81. The number of phenolic OH excluding ortho intramolecular Hbond substituents is 1. The molecule has 0 spiro atoms. The molecule has 0 unspecified atom stereocenters. The predicted octanol–water partition coefficient (Wildman–Crippen LogP) is 5.43. The Hall–Kier alpha value is -1.76. The van der Waals surface area contributed by atoms with Crippen LogP contribution in [0, 0.1) is 0 Å². The van der Waals surface area contributed by atoms with Gasteiger partial charge in [-0.1, -0.05) is 57.9 Å². The maximum atomic E-state index is 9.81. The minimum atomic E-state index is -0.0236. The Morgan fingerprint density at radius 1 is 0.905 bits per heavy atom. The molecule has 0 amide bonds. The van der Waals surface area contributed by atoms with Gasteiger partial charge in [0.25, 0.3) is 0 Å². The van der Waals surface area contributed by atoms with Crippen molar-refractivity contribution in [3.8, 4) is 16.9 Å². The zero-order chi connectivity index (χ0) is 15.0. The number of hydrogen-bond acceptors (Lipinski definition) is 1. The van der Waals surface area contributed by atoms with Crippen LogP contribution >= 0.6 is 0 Å². The van der Waals surface area contributed by atoms with Crippen molar-refractivity contribution in [1.29, 1.82) is 0 Å². The van der Waals surface area contributed by atoms with Crippen LogP contribution in [0.4, 0.5) is 0 Å². The van der Waals surface area contributed by atoms with Gasteiger partial charge in [-0.25, -0.2) is 0 Å². The Morgan fingerprint density at radius 3 is 2.29 bits per heavy atom. The van der Waals surface area contributed by atoms with E-state index in [0.29, 0.717) is 5.75 Å². The Bertz CT molecular complexity index is 668. The molecule has 0 saturated heterocycles. The van der Waals surface area contributed by atoms with Gasteiger partial charge in [0.1, 0.15) is 5.75 Å². The van der Waals surface area contributed by atoms with E-state index >= 15 is 0 Å². The Balaban J connectivity index is 2.01. The number of fused-ring (bicyclic) bond motifs is 3. The molecule has 1 aliphatic carbocycles. The standard InChI is InChI=1S/C20H24O/c1-4-5-6-7-14-8-10-16-17-11-9-15(21)13-19(17)20(2,3)18(16)12-14/h8-13,21H,4-7H2,1-3H3. The quantitative estimate of drug-likeness (QED) is 0.740. The maximum Gasteiger partial charge on any atom is 0.115 e. The van der Waals surface area contributed by atoms with Crippen LogP contribution in [0.15, 0.2) is 36.4 Å². The highest BCUT2D eigenvalue weighted by Crippen LogP contribution is 2.49. The van der Waals surface area contributed by atoms with Crippen LogP contribution in [-0.4, -0.2) is 5.11 Å². The molecule has 3 rings (SSSR count). The van der Waals surface area contributed by atoms with E-state index in [1.807, 2.05) is 6.07 Å². The van der Waals surface area contributed by atoms with Crippen molar-refractivity contribution in [2.45, 2.75) is 51.9 Å². The van der Waals surface area contributed by atoms with Gasteiger partial charge in [0.15, 0.2) is 0 Å². The molecule has 0 fully saturated rings. The molecule has 21 heavy (non-hydrogen) atoms. The summed E-state index contributed by atoms with van der Waals surface area (Å²) in [6, 6.07) is 12.7. The Morgan fingerprint density at radius 2 is 1.57 bits per heavy atom. The van der Waals surface area contributed by atoms with Crippen molar-refractivity contribution in [2.24, 2.45) is 0 Å². The molecule has 1 N–H and O–H groups in total. The molecule has 0 aromatic heterocycles. The smallest absolute Gasteiger partial charge is 0.115 e. The summed E-state index contributed by atoms with van der Waals surface area (Å²) < 4.78 is 0. The van der Waals surface area contributed by atoms with Gasteiger partial charge in [0.05, 0.1) is 0 Å². The van der Waals surface area contributed by atoms with Gasteiger partial charge in [-0.3, -0.25) is 0 Å². The van der Waals surface area contributed by atoms with Crippen molar-refractivity contribution in [3.05, 3.63) is 53.1 Å². The van der Waals surface area contributed by atoms with Gasteiger partial charge in [0.2, 0.25) is 0 Å². The third-order valence-electron chi connectivity index (χ3n) is 4.79. The van der Waals surface area contributed by atoms with Crippen molar-refractivity contribution >= 4 is 0 Å². The summed E-state index contributed by atoms with van der Waals surface area (Å²) >= 11 is 0. The lowest BCUT2D eigenvalue weighted by atomic mass is 9.81. The first kappa shape index (κ1) is 14.2. The van der Waals surface area contributed by atoms with Crippen LogP contribution in [0.5, 0.6) is 5.75 Å². The van der Waals surface area contributed by atoms with E-state index in [1.165, 1.54) is 53.5 Å². The third-order valence-corrected chi connectivity index (χ3v) is 4.79. The third kappa shape index (κ3) is 2.35. The summed E-state index contributed by atoms with van der Waals surface area (Å²) in [4.78, 5) is 0. The molecule has 0 radical (unpaired) electrons. The number of rotatable bonds is 4. The Kier molecular flexibility index (Phi) is 3.52. The van der Waals surface area contributed by atoms with E-state index in [4.69, 9.17) is 0 Å². The largest absolute Gasteiger partial charge is 0.508 e. The van der Waals surface area contributed by atoms with Gasteiger partial charge < -0.3 is 5.11 Å². The molecule has 0 heterocycles. The van der Waals surface area contributed by atoms with Crippen LogP contribution in [0.3, 0.4) is 0 Å². The zero-order valence-corrected chi connectivity index (χ0v) is 13.2. The predicted molar refractivity (Wildman–Crippen MR) is 88.9 cm³/mol. The molecule has 0 saturated carbocycles. The molecule has 2 aromatic carbocycles. The second-order valence-electron chi connectivity index (χ2n) is 6.69. The summed E-state index contributed by atoms with van der Waals surface area (Å²) in [5.74, 6) is 0.359. The summed E-state index contributed by atoms with van der Waals surface area (Å²) in [5, 5.41) is 9.81. The lowest BCUT2D eigenvalue weighted by Gasteiger charge is -2.22. The molecule has 1 aliphatic rings. The van der Waals surface area contributed by atoms with Gasteiger partial charge in [-0.05, 0) is 52.8 Å². The second kappa shape index (κ2) is 5.22. The molecule has 0 atom stereocenters. The van der Waals surface area contributed by atoms with Crippen molar-refractivity contribution in [1.82, 2.24) is 0 Å². The molecule has 1 heteroatoms. The number of unbranched alkanes of at least 4 members (excludes halogenated alkanes) is 2. The normalized spacial score (nSPS) is 14.8. The van der Waals surface area contributed by atoms with Crippen LogP contribution in [0.25, 0.3) is 11.1 Å². The number of benzene rings is 2. The molecule has 0 aliphatic heterocycles. The first-order valence-electron chi connectivity index (χ1n) is 8.01. The lowest BCUT2D eigenvalue weighted by molar-refractivity contribution is 0.473. The van der Waals surface area contributed by atoms with Crippen molar-refractivity contribution in [2.75, 3.05) is 0 Å². The molecule has 0 bridgehead atoms. The van der Waals surface area contributed by atoms with E-state index in [0.717, 1.165) is 0 Å². The van der Waals surface area contributed by atoms with Crippen LogP contribution < -0.4 is 0 Å². The van der Waals surface area contributed by atoms with Gasteiger partial charge in [-0.15, -0.1) is 0 Å². The second-order valence-corrected chi connectivity index (χ2v) is 6.69. The fourth-order valence-electron chi connectivity index (χ4n) is 3.51. The minimum absolute atomic E-state index is 0.0236. The van der Waals surface area contributed by atoms with E-state index in [9.17, 15) is 5.11 Å². The molecule has 110 valence electrons. The van der Waals surface area contributed by atoms with Gasteiger partial charge >= 0.3 is 0 Å². The fraction of sp³-hybridized carbons (Fsp3) is 0.400. The van der Waals surface area contributed by atoms with Gasteiger partial charge in [-0.2, -0.15) is 0 Å². The van der Waals surface area contributed by atoms with Crippen LogP contribution in [0.2, 0.25) is 0 Å². The zero-order valence-electron chi connectivity index (χ0n) is 13.2. The summed E-state index contributed by atoms with van der Waals surface area (Å²) in [6.07, 6.45) is 5.00. The summed E-state index contributed by atoms with van der Waals surface area (Å²) in [7, 11) is 0. The first-order chi connectivity index (χ1) is 10.0. The molecular formula is C20H24O. The lowest BCUT2D eigenvalue weighted by Crippen LogP contribution is -2.15. The average Bonchev–Trinajstić information content (AvgIpc) is 2.68. The number of aryl methyl sites for hydroxylation is 1. The SMILES string of the molecule is CCCCCc1ccc2c(c1)C(C)(C)c1cc(O)ccc1-2. The highest BCUT2D eigenvalue weighted by molar-refractivity contribution is 5.81. The summed E-state index contributed by atoms with van der Waals surface area (Å²) in [5.41, 5.74) is 6.65. The molecular weight excluding hydrogens is 256 g/mol. The number of hydrogen-bond donors (Lipinski definition) is 1. The monoisotopic (exact) mass is 280 g/mol. The van der Waals surface area contributed by atoms with Crippen LogP contribution in [0.1, 0.15) is 56.7 Å². The van der Waals surface area contributed by atoms with E-state index in [2.05, 4.69) is 45.0 Å². The van der Waals surface area contributed by atoms with E-state index in [-0.39, 0.29) is 5.41 Å².